The average molecular weight is 474 g/mol. The number of esters is 1. The van der Waals surface area contributed by atoms with Crippen molar-refractivity contribution in [3.8, 4) is 28.5 Å². The summed E-state index contributed by atoms with van der Waals surface area (Å²) < 4.78 is 12.7. The highest BCUT2D eigenvalue weighted by atomic mass is 16.5. The molecule has 2 aromatic carbocycles. The molecule has 4 heterocycles. The van der Waals surface area contributed by atoms with Gasteiger partial charge in [0.1, 0.15) is 5.75 Å². The van der Waals surface area contributed by atoms with Crippen LogP contribution in [0.2, 0.25) is 0 Å². The summed E-state index contributed by atoms with van der Waals surface area (Å²) in [4.78, 5) is 22.3. The van der Waals surface area contributed by atoms with Crippen LogP contribution in [0, 0.1) is 0 Å². The topological polar surface area (TPSA) is 109 Å². The molecule has 0 spiro atoms. The number of benzene rings is 2. The Labute approximate surface area is 205 Å². The molecule has 36 heavy (non-hydrogen) atoms. The molecule has 9 nitrogen and oxygen atoms in total. The van der Waals surface area contributed by atoms with E-state index >= 15 is 0 Å². The van der Waals surface area contributed by atoms with E-state index in [2.05, 4.69) is 20.3 Å². The van der Waals surface area contributed by atoms with E-state index in [4.69, 9.17) is 14.1 Å². The van der Waals surface area contributed by atoms with Gasteiger partial charge in [-0.1, -0.05) is 30.3 Å². The van der Waals surface area contributed by atoms with Crippen molar-refractivity contribution in [2.45, 2.75) is 6.54 Å². The largest absolute Gasteiger partial charge is 0.423 e. The minimum Gasteiger partial charge on any atom is -0.423 e. The lowest BCUT2D eigenvalue weighted by atomic mass is 10.1. The molecule has 174 valence electrons. The molecule has 0 atom stereocenters. The summed E-state index contributed by atoms with van der Waals surface area (Å²) in [6.07, 6.45) is 6.37. The standard InChI is InChI=1S/C27H18N6O3/c34-27(36-21-8-6-20(7-9-21)26-32-29-17-35-26)22-14-24(19-4-2-1-3-5-19)31-25-23(22)15-30-33(25)16-18-10-12-28-13-11-18/h1-15,17H,16H2. The predicted molar refractivity (Wildman–Crippen MR) is 131 cm³/mol. The Morgan fingerprint density at radius 1 is 0.944 bits per heavy atom. The van der Waals surface area contributed by atoms with Gasteiger partial charge in [-0.15, -0.1) is 10.2 Å². The van der Waals surface area contributed by atoms with E-state index in [9.17, 15) is 4.79 Å². The quantitative estimate of drug-likeness (QED) is 0.250. The van der Waals surface area contributed by atoms with Crippen molar-refractivity contribution in [3.63, 3.8) is 0 Å². The third kappa shape index (κ3) is 4.21. The molecule has 0 radical (unpaired) electrons. The highest BCUT2D eigenvalue weighted by Crippen LogP contribution is 2.27. The maximum absolute atomic E-state index is 13.4. The van der Waals surface area contributed by atoms with Gasteiger partial charge in [0.25, 0.3) is 0 Å². The Morgan fingerprint density at radius 2 is 1.75 bits per heavy atom. The summed E-state index contributed by atoms with van der Waals surface area (Å²) in [5.74, 6) is 0.269. The lowest BCUT2D eigenvalue weighted by Crippen LogP contribution is -2.10. The lowest BCUT2D eigenvalue weighted by Gasteiger charge is -2.10. The molecule has 0 saturated heterocycles. The van der Waals surface area contributed by atoms with Crippen LogP contribution in [0.5, 0.6) is 5.75 Å². The van der Waals surface area contributed by atoms with Crippen LogP contribution < -0.4 is 4.74 Å². The van der Waals surface area contributed by atoms with E-state index in [1.807, 2.05) is 42.5 Å². The first-order chi connectivity index (χ1) is 17.7. The number of nitrogens with zero attached hydrogens (tertiary/aromatic N) is 6. The van der Waals surface area contributed by atoms with Crippen LogP contribution in [0.25, 0.3) is 33.7 Å². The van der Waals surface area contributed by atoms with Gasteiger partial charge in [0.2, 0.25) is 12.3 Å². The average Bonchev–Trinajstić information content (AvgIpc) is 3.61. The van der Waals surface area contributed by atoms with Gasteiger partial charge >= 0.3 is 5.97 Å². The number of pyridine rings is 2. The van der Waals surface area contributed by atoms with E-state index in [1.54, 1.807) is 53.6 Å². The predicted octanol–water partition coefficient (Wildman–Crippen LogP) is 4.81. The van der Waals surface area contributed by atoms with Crippen LogP contribution in [-0.4, -0.2) is 35.9 Å². The van der Waals surface area contributed by atoms with Gasteiger partial charge in [0, 0.05) is 23.5 Å². The number of carbonyl (C=O) groups is 1. The fourth-order valence-corrected chi connectivity index (χ4v) is 3.88. The number of fused-ring (bicyclic) bond motifs is 1. The van der Waals surface area contributed by atoms with Crippen molar-refractivity contribution < 1.29 is 13.9 Å². The Balaban J connectivity index is 1.38. The summed E-state index contributed by atoms with van der Waals surface area (Å²) in [5, 5.41) is 12.7. The molecule has 6 rings (SSSR count). The smallest absolute Gasteiger partial charge is 0.344 e. The molecule has 0 aliphatic rings. The molecular formula is C27H18N6O3. The van der Waals surface area contributed by atoms with Crippen LogP contribution >= 0.6 is 0 Å². The molecule has 0 aliphatic carbocycles. The van der Waals surface area contributed by atoms with Gasteiger partial charge in [0.05, 0.1) is 29.4 Å². The van der Waals surface area contributed by atoms with Crippen LogP contribution in [0.1, 0.15) is 15.9 Å². The number of aromatic nitrogens is 6. The summed E-state index contributed by atoms with van der Waals surface area (Å²) >= 11 is 0. The van der Waals surface area contributed by atoms with Gasteiger partial charge in [-0.25, -0.2) is 14.5 Å². The summed E-state index contributed by atoms with van der Waals surface area (Å²) in [7, 11) is 0. The van der Waals surface area contributed by atoms with Gasteiger partial charge < -0.3 is 9.15 Å². The van der Waals surface area contributed by atoms with Crippen molar-refractivity contribution in [1.29, 1.82) is 0 Å². The Kier molecular flexibility index (Phi) is 5.47. The van der Waals surface area contributed by atoms with E-state index in [1.165, 1.54) is 6.39 Å². The maximum Gasteiger partial charge on any atom is 0.344 e. The Bertz CT molecular complexity index is 1630. The van der Waals surface area contributed by atoms with E-state index in [-0.39, 0.29) is 0 Å². The molecule has 0 unspecified atom stereocenters. The molecule has 0 N–H and O–H groups in total. The zero-order valence-electron chi connectivity index (χ0n) is 18.9. The number of hydrogen-bond donors (Lipinski definition) is 0. The number of carbonyl (C=O) groups excluding carboxylic acids is 1. The first-order valence-electron chi connectivity index (χ1n) is 11.1. The monoisotopic (exact) mass is 474 g/mol. The van der Waals surface area contributed by atoms with Crippen molar-refractivity contribution >= 4 is 17.0 Å². The SMILES string of the molecule is O=C(Oc1ccc(-c2nnco2)cc1)c1cc(-c2ccccc2)nc2c1cnn2Cc1ccncc1. The molecule has 6 aromatic rings. The van der Waals surface area contributed by atoms with E-state index in [0.29, 0.717) is 40.5 Å². The minimum atomic E-state index is -0.506. The van der Waals surface area contributed by atoms with Crippen molar-refractivity contribution in [2.24, 2.45) is 0 Å². The third-order valence-corrected chi connectivity index (χ3v) is 5.65. The highest BCUT2D eigenvalue weighted by Gasteiger charge is 2.20. The molecule has 4 aromatic heterocycles. The Hall–Kier alpha value is -5.18. The second kappa shape index (κ2) is 9.22. The first kappa shape index (κ1) is 21.4. The highest BCUT2D eigenvalue weighted by molar-refractivity contribution is 6.04. The minimum absolute atomic E-state index is 0.376. The van der Waals surface area contributed by atoms with Gasteiger partial charge in [0.15, 0.2) is 5.65 Å². The summed E-state index contributed by atoms with van der Waals surface area (Å²) in [6, 6.07) is 22.1. The molecule has 0 bridgehead atoms. The van der Waals surface area contributed by atoms with E-state index < -0.39 is 5.97 Å². The number of rotatable bonds is 6. The van der Waals surface area contributed by atoms with Crippen LogP contribution in [0.4, 0.5) is 0 Å². The van der Waals surface area contributed by atoms with Gasteiger partial charge in [-0.3, -0.25) is 4.98 Å². The maximum atomic E-state index is 13.4. The normalized spacial score (nSPS) is 11.0. The number of ether oxygens (including phenoxy) is 1. The zero-order valence-corrected chi connectivity index (χ0v) is 18.9. The fourth-order valence-electron chi connectivity index (χ4n) is 3.88. The zero-order chi connectivity index (χ0) is 24.3. The van der Waals surface area contributed by atoms with Crippen LogP contribution in [-0.2, 0) is 6.54 Å². The van der Waals surface area contributed by atoms with Gasteiger partial charge in [-0.2, -0.15) is 5.10 Å². The van der Waals surface area contributed by atoms with Crippen molar-refractivity contribution in [1.82, 2.24) is 29.9 Å². The van der Waals surface area contributed by atoms with Crippen LogP contribution in [0.3, 0.4) is 0 Å². The second-order valence-corrected chi connectivity index (χ2v) is 7.97. The first-order valence-corrected chi connectivity index (χ1v) is 11.1. The van der Waals surface area contributed by atoms with Crippen LogP contribution in [0.15, 0.2) is 102 Å². The molecule has 0 fully saturated rings. The van der Waals surface area contributed by atoms with Gasteiger partial charge in [-0.05, 0) is 48.0 Å². The molecule has 0 saturated carbocycles. The second-order valence-electron chi connectivity index (χ2n) is 7.97. The molecular weight excluding hydrogens is 456 g/mol. The molecule has 9 heteroatoms. The van der Waals surface area contributed by atoms with Crippen molar-refractivity contribution in [2.75, 3.05) is 0 Å². The Morgan fingerprint density at radius 3 is 2.50 bits per heavy atom. The van der Waals surface area contributed by atoms with Crippen molar-refractivity contribution in [3.05, 3.63) is 109 Å². The lowest BCUT2D eigenvalue weighted by molar-refractivity contribution is 0.0737. The third-order valence-electron chi connectivity index (χ3n) is 5.65. The molecule has 0 aliphatic heterocycles. The number of hydrogen-bond acceptors (Lipinski definition) is 8. The summed E-state index contributed by atoms with van der Waals surface area (Å²) in [6.45, 7) is 0.489. The fraction of sp³-hybridized carbons (Fsp3) is 0.0370. The molecule has 0 amide bonds. The van der Waals surface area contributed by atoms with E-state index in [0.717, 1.165) is 16.7 Å². The summed E-state index contributed by atoms with van der Waals surface area (Å²) in [5.41, 5.74) is 4.25.